The first kappa shape index (κ1) is 16.8. The molecule has 0 radical (unpaired) electrons. The number of hydrogen-bond acceptors (Lipinski definition) is 3. The van der Waals surface area contributed by atoms with Gasteiger partial charge in [-0.3, -0.25) is 0 Å². The van der Waals surface area contributed by atoms with Crippen LogP contribution in [-0.4, -0.2) is 21.8 Å². The van der Waals surface area contributed by atoms with E-state index in [-0.39, 0.29) is 11.1 Å². The molecule has 2 heterocycles. The minimum absolute atomic E-state index is 0.0670. The SMILES string of the molecule is CC(=Cc1ccc(C(=O)O)nc1)c1ccc2c(c1)C(C)(C)CCS2. The van der Waals surface area contributed by atoms with Crippen molar-refractivity contribution >= 4 is 29.4 Å². The molecular formula is C20H21NO2S. The zero-order valence-electron chi connectivity index (χ0n) is 14.2. The van der Waals surface area contributed by atoms with Crippen molar-refractivity contribution in [3.63, 3.8) is 0 Å². The number of nitrogens with zero attached hydrogens (tertiary/aromatic N) is 1. The molecule has 1 aliphatic rings. The van der Waals surface area contributed by atoms with E-state index in [1.165, 1.54) is 34.3 Å². The first-order valence-corrected chi connectivity index (χ1v) is 9.01. The number of pyridine rings is 1. The van der Waals surface area contributed by atoms with Crippen molar-refractivity contribution in [1.82, 2.24) is 4.98 Å². The number of allylic oxidation sites excluding steroid dienone is 1. The summed E-state index contributed by atoms with van der Waals surface area (Å²) in [6, 6.07) is 10.0. The Kier molecular flexibility index (Phi) is 4.50. The van der Waals surface area contributed by atoms with E-state index in [9.17, 15) is 4.79 Å². The van der Waals surface area contributed by atoms with Crippen molar-refractivity contribution in [2.75, 3.05) is 5.75 Å². The average molecular weight is 339 g/mol. The predicted molar refractivity (Wildman–Crippen MR) is 99.6 cm³/mol. The van der Waals surface area contributed by atoms with Gasteiger partial charge in [0.1, 0.15) is 5.69 Å². The lowest BCUT2D eigenvalue weighted by atomic mass is 9.80. The van der Waals surface area contributed by atoms with E-state index in [2.05, 4.69) is 44.0 Å². The molecule has 124 valence electrons. The second kappa shape index (κ2) is 6.44. The van der Waals surface area contributed by atoms with E-state index in [4.69, 9.17) is 5.11 Å². The molecule has 0 saturated heterocycles. The van der Waals surface area contributed by atoms with Crippen LogP contribution in [0, 0.1) is 0 Å². The summed E-state index contributed by atoms with van der Waals surface area (Å²) in [4.78, 5) is 16.2. The van der Waals surface area contributed by atoms with Crippen LogP contribution in [0.3, 0.4) is 0 Å². The van der Waals surface area contributed by atoms with Crippen molar-refractivity contribution in [3.05, 3.63) is 58.9 Å². The zero-order chi connectivity index (χ0) is 17.3. The number of carboxylic acid groups (broad SMARTS) is 1. The van der Waals surface area contributed by atoms with Crippen LogP contribution in [0.4, 0.5) is 0 Å². The first-order chi connectivity index (χ1) is 11.4. The average Bonchev–Trinajstić information content (AvgIpc) is 2.55. The number of carboxylic acids is 1. The molecule has 0 spiro atoms. The number of aromatic carboxylic acids is 1. The van der Waals surface area contributed by atoms with Gasteiger partial charge in [-0.2, -0.15) is 0 Å². The summed E-state index contributed by atoms with van der Waals surface area (Å²) >= 11 is 1.93. The molecule has 3 nitrogen and oxygen atoms in total. The Morgan fingerprint density at radius 1 is 1.29 bits per heavy atom. The van der Waals surface area contributed by atoms with Crippen molar-refractivity contribution in [3.8, 4) is 0 Å². The number of fused-ring (bicyclic) bond motifs is 1. The first-order valence-electron chi connectivity index (χ1n) is 8.02. The molecule has 1 aliphatic heterocycles. The maximum Gasteiger partial charge on any atom is 0.354 e. The molecule has 0 aliphatic carbocycles. The minimum Gasteiger partial charge on any atom is -0.477 e. The lowest BCUT2D eigenvalue weighted by Crippen LogP contribution is -2.22. The molecule has 0 fully saturated rings. The number of rotatable bonds is 3. The number of thioether (sulfide) groups is 1. The number of aromatic nitrogens is 1. The van der Waals surface area contributed by atoms with Gasteiger partial charge in [0.25, 0.3) is 0 Å². The van der Waals surface area contributed by atoms with E-state index in [1.54, 1.807) is 12.3 Å². The molecule has 0 atom stereocenters. The van der Waals surface area contributed by atoms with Crippen LogP contribution in [-0.2, 0) is 5.41 Å². The largest absolute Gasteiger partial charge is 0.477 e. The molecule has 0 amide bonds. The highest BCUT2D eigenvalue weighted by molar-refractivity contribution is 7.99. The van der Waals surface area contributed by atoms with Crippen molar-refractivity contribution in [2.24, 2.45) is 0 Å². The summed E-state index contributed by atoms with van der Waals surface area (Å²) in [6.45, 7) is 6.70. The fourth-order valence-corrected chi connectivity index (χ4v) is 4.42. The van der Waals surface area contributed by atoms with Crippen molar-refractivity contribution in [1.29, 1.82) is 0 Å². The molecule has 1 aromatic carbocycles. The van der Waals surface area contributed by atoms with Gasteiger partial charge in [-0.05, 0) is 71.1 Å². The number of hydrogen-bond donors (Lipinski definition) is 1. The second-order valence-corrected chi connectivity index (χ2v) is 7.94. The molecule has 0 saturated carbocycles. The monoisotopic (exact) mass is 339 g/mol. The summed E-state index contributed by atoms with van der Waals surface area (Å²) in [5.41, 5.74) is 4.95. The van der Waals surface area contributed by atoms with Crippen LogP contribution in [0.2, 0.25) is 0 Å². The Balaban J connectivity index is 1.92. The number of carbonyl (C=O) groups is 1. The third kappa shape index (κ3) is 3.39. The quantitative estimate of drug-likeness (QED) is 0.844. The lowest BCUT2D eigenvalue weighted by molar-refractivity contribution is 0.0690. The Bertz CT molecular complexity index is 807. The number of benzene rings is 1. The van der Waals surface area contributed by atoms with Crippen LogP contribution in [0.5, 0.6) is 0 Å². The fourth-order valence-electron chi connectivity index (χ4n) is 2.93. The molecular weight excluding hydrogens is 318 g/mol. The van der Waals surface area contributed by atoms with E-state index >= 15 is 0 Å². The van der Waals surface area contributed by atoms with Gasteiger partial charge in [0.15, 0.2) is 0 Å². The van der Waals surface area contributed by atoms with E-state index in [1.807, 2.05) is 17.8 Å². The highest BCUT2D eigenvalue weighted by Gasteiger charge is 2.27. The molecule has 0 unspecified atom stereocenters. The Labute approximate surface area is 146 Å². The molecule has 2 aromatic rings. The standard InChI is InChI=1S/C20H21NO2S/c1-13(10-14-4-6-17(19(22)23)21-12-14)15-5-7-18-16(11-15)20(2,3)8-9-24-18/h4-7,10-12H,8-9H2,1-3H3,(H,22,23). The van der Waals surface area contributed by atoms with Gasteiger partial charge in [0, 0.05) is 11.1 Å². The van der Waals surface area contributed by atoms with Gasteiger partial charge in [0.2, 0.25) is 0 Å². The predicted octanol–water partition coefficient (Wildman–Crippen LogP) is 5.11. The zero-order valence-corrected chi connectivity index (χ0v) is 15.0. The molecule has 4 heteroatoms. The summed E-state index contributed by atoms with van der Waals surface area (Å²) in [7, 11) is 0. The highest BCUT2D eigenvalue weighted by atomic mass is 32.2. The van der Waals surface area contributed by atoms with Gasteiger partial charge >= 0.3 is 5.97 Å². The molecule has 24 heavy (non-hydrogen) atoms. The Hall–Kier alpha value is -2.07. The van der Waals surface area contributed by atoms with E-state index < -0.39 is 5.97 Å². The molecule has 0 bridgehead atoms. The van der Waals surface area contributed by atoms with Gasteiger partial charge in [-0.25, -0.2) is 9.78 Å². The van der Waals surface area contributed by atoms with Gasteiger partial charge < -0.3 is 5.11 Å². The normalized spacial score (nSPS) is 16.5. The van der Waals surface area contributed by atoms with Gasteiger partial charge in [-0.15, -0.1) is 11.8 Å². The maximum absolute atomic E-state index is 10.9. The van der Waals surface area contributed by atoms with Gasteiger partial charge in [0.05, 0.1) is 0 Å². The molecule has 1 N–H and O–H groups in total. The summed E-state index contributed by atoms with van der Waals surface area (Å²) in [5, 5.41) is 8.92. The fraction of sp³-hybridized carbons (Fsp3) is 0.300. The lowest BCUT2D eigenvalue weighted by Gasteiger charge is -2.32. The molecule has 3 rings (SSSR count). The van der Waals surface area contributed by atoms with Crippen LogP contribution >= 0.6 is 11.8 Å². The smallest absolute Gasteiger partial charge is 0.354 e. The topological polar surface area (TPSA) is 50.2 Å². The maximum atomic E-state index is 10.9. The summed E-state index contributed by atoms with van der Waals surface area (Å²) in [6.07, 6.45) is 4.84. The van der Waals surface area contributed by atoms with Crippen molar-refractivity contribution in [2.45, 2.75) is 37.5 Å². The van der Waals surface area contributed by atoms with Crippen LogP contribution < -0.4 is 0 Å². The second-order valence-electron chi connectivity index (χ2n) is 6.80. The van der Waals surface area contributed by atoms with Crippen LogP contribution in [0.25, 0.3) is 11.6 Å². The summed E-state index contributed by atoms with van der Waals surface area (Å²) < 4.78 is 0. The highest BCUT2D eigenvalue weighted by Crippen LogP contribution is 2.42. The third-order valence-electron chi connectivity index (χ3n) is 4.54. The molecule has 1 aromatic heterocycles. The summed E-state index contributed by atoms with van der Waals surface area (Å²) in [5.74, 6) is 0.173. The van der Waals surface area contributed by atoms with Crippen LogP contribution in [0.15, 0.2) is 41.4 Å². The van der Waals surface area contributed by atoms with Gasteiger partial charge in [-0.1, -0.05) is 26.0 Å². The third-order valence-corrected chi connectivity index (χ3v) is 5.61. The van der Waals surface area contributed by atoms with Crippen LogP contribution in [0.1, 0.15) is 54.4 Å². The minimum atomic E-state index is -1.00. The van der Waals surface area contributed by atoms with Crippen molar-refractivity contribution < 1.29 is 9.90 Å². The van der Waals surface area contributed by atoms with E-state index in [0.717, 1.165) is 11.1 Å². The Morgan fingerprint density at radius 3 is 2.75 bits per heavy atom. The Morgan fingerprint density at radius 2 is 2.08 bits per heavy atom. The van der Waals surface area contributed by atoms with E-state index in [0.29, 0.717) is 0 Å².